The number of fused-ring (bicyclic) bond motifs is 1. The molecule has 3 nitrogen and oxygen atoms in total. The Labute approximate surface area is 92.9 Å². The summed E-state index contributed by atoms with van der Waals surface area (Å²) in [6, 6.07) is 6.11. The number of hydrogen-bond acceptors (Lipinski definition) is 3. The van der Waals surface area contributed by atoms with Gasteiger partial charge >= 0.3 is 0 Å². The van der Waals surface area contributed by atoms with Gasteiger partial charge in [-0.2, -0.15) is 11.8 Å². The third-order valence-corrected chi connectivity index (χ3v) is 4.16. The topological polar surface area (TPSA) is 30.2 Å². The van der Waals surface area contributed by atoms with Gasteiger partial charge in [-0.25, -0.2) is 9.50 Å². The van der Waals surface area contributed by atoms with E-state index in [1.54, 1.807) is 0 Å². The number of pyridine rings is 1. The zero-order valence-corrected chi connectivity index (χ0v) is 9.50. The molecule has 2 aromatic rings. The molecule has 1 saturated heterocycles. The quantitative estimate of drug-likeness (QED) is 0.738. The zero-order valence-electron chi connectivity index (χ0n) is 8.68. The Morgan fingerprint density at radius 3 is 3.13 bits per heavy atom. The largest absolute Gasteiger partial charge is 0.218 e. The molecule has 0 amide bonds. The van der Waals surface area contributed by atoms with E-state index in [0.29, 0.717) is 5.25 Å². The molecular weight excluding hydrogens is 206 g/mol. The molecule has 3 heterocycles. The molecule has 0 aliphatic carbocycles. The van der Waals surface area contributed by atoms with Crippen LogP contribution in [0.25, 0.3) is 5.65 Å². The van der Waals surface area contributed by atoms with Crippen molar-refractivity contribution in [1.29, 1.82) is 0 Å². The van der Waals surface area contributed by atoms with Crippen molar-refractivity contribution in [3.63, 3.8) is 0 Å². The molecule has 1 aliphatic rings. The second-order valence-electron chi connectivity index (χ2n) is 3.91. The van der Waals surface area contributed by atoms with Crippen molar-refractivity contribution in [1.82, 2.24) is 14.6 Å². The summed E-state index contributed by atoms with van der Waals surface area (Å²) in [5.41, 5.74) is 2.12. The van der Waals surface area contributed by atoms with Gasteiger partial charge in [0, 0.05) is 5.69 Å². The molecule has 0 N–H and O–H groups in total. The second-order valence-corrected chi connectivity index (χ2v) is 5.22. The van der Waals surface area contributed by atoms with Gasteiger partial charge in [-0.15, -0.1) is 5.10 Å². The molecule has 4 heteroatoms. The summed E-state index contributed by atoms with van der Waals surface area (Å²) in [6.45, 7) is 2.06. The molecule has 0 bridgehead atoms. The Morgan fingerprint density at radius 1 is 1.47 bits per heavy atom. The lowest BCUT2D eigenvalue weighted by Gasteiger charge is -2.00. The van der Waals surface area contributed by atoms with E-state index in [2.05, 4.69) is 23.1 Å². The summed E-state index contributed by atoms with van der Waals surface area (Å²) < 4.78 is 1.94. The minimum Gasteiger partial charge on any atom is -0.218 e. The summed E-state index contributed by atoms with van der Waals surface area (Å²) in [5, 5.41) is 5.10. The first-order chi connectivity index (χ1) is 7.34. The normalized spacial score (nSPS) is 21.3. The van der Waals surface area contributed by atoms with Crippen LogP contribution in [0.15, 0.2) is 18.2 Å². The molecule has 1 fully saturated rings. The lowest BCUT2D eigenvalue weighted by molar-refractivity contribution is 0.765. The second kappa shape index (κ2) is 3.52. The maximum absolute atomic E-state index is 4.59. The fraction of sp³-hybridized carbons (Fsp3) is 0.455. The first-order valence-electron chi connectivity index (χ1n) is 5.28. The summed E-state index contributed by atoms with van der Waals surface area (Å²) in [5.74, 6) is 2.26. The fourth-order valence-corrected chi connectivity index (χ4v) is 3.17. The van der Waals surface area contributed by atoms with Crippen LogP contribution < -0.4 is 0 Å². The van der Waals surface area contributed by atoms with E-state index in [4.69, 9.17) is 0 Å². The number of aromatic nitrogens is 3. The maximum atomic E-state index is 4.59. The number of aryl methyl sites for hydroxylation is 1. The molecule has 1 unspecified atom stereocenters. The molecule has 2 aromatic heterocycles. The predicted octanol–water partition coefficient (Wildman–Crippen LogP) is 2.61. The summed E-state index contributed by atoms with van der Waals surface area (Å²) >= 11 is 1.98. The highest BCUT2D eigenvalue weighted by Gasteiger charge is 2.22. The Bertz CT molecular complexity index is 486. The number of rotatable bonds is 1. The standard InChI is InChI=1S/C11H13N3S/c1-8-4-2-6-10-12-11(13-14(8)10)9-5-3-7-15-9/h2,4,6,9H,3,5,7H2,1H3. The van der Waals surface area contributed by atoms with Gasteiger partial charge < -0.3 is 0 Å². The Hall–Kier alpha value is -1.03. The molecular formula is C11H13N3S. The summed E-state index contributed by atoms with van der Waals surface area (Å²) in [7, 11) is 0. The predicted molar refractivity (Wildman–Crippen MR) is 62.2 cm³/mol. The minimum absolute atomic E-state index is 0.518. The molecule has 3 rings (SSSR count). The number of hydrogen-bond donors (Lipinski definition) is 0. The smallest absolute Gasteiger partial charge is 0.164 e. The van der Waals surface area contributed by atoms with Crippen molar-refractivity contribution in [2.75, 3.05) is 5.75 Å². The van der Waals surface area contributed by atoms with Crippen molar-refractivity contribution in [3.8, 4) is 0 Å². The first kappa shape index (κ1) is 9.21. The van der Waals surface area contributed by atoms with Crippen LogP contribution in [0.1, 0.15) is 29.6 Å². The molecule has 1 aliphatic heterocycles. The zero-order chi connectivity index (χ0) is 10.3. The van der Waals surface area contributed by atoms with E-state index in [0.717, 1.165) is 17.2 Å². The fourth-order valence-electron chi connectivity index (χ4n) is 1.97. The molecule has 0 aromatic carbocycles. The molecule has 0 radical (unpaired) electrons. The van der Waals surface area contributed by atoms with Gasteiger partial charge in [-0.3, -0.25) is 0 Å². The van der Waals surface area contributed by atoms with Crippen LogP contribution in [-0.4, -0.2) is 20.4 Å². The van der Waals surface area contributed by atoms with E-state index in [9.17, 15) is 0 Å². The van der Waals surface area contributed by atoms with Crippen LogP contribution in [0.2, 0.25) is 0 Å². The maximum Gasteiger partial charge on any atom is 0.164 e. The van der Waals surface area contributed by atoms with Crippen molar-refractivity contribution >= 4 is 17.4 Å². The van der Waals surface area contributed by atoms with Crippen LogP contribution in [0.5, 0.6) is 0 Å². The minimum atomic E-state index is 0.518. The Kier molecular flexibility index (Phi) is 2.16. The van der Waals surface area contributed by atoms with Crippen LogP contribution in [-0.2, 0) is 0 Å². The van der Waals surface area contributed by atoms with E-state index < -0.39 is 0 Å². The first-order valence-corrected chi connectivity index (χ1v) is 6.33. The van der Waals surface area contributed by atoms with E-state index in [1.807, 2.05) is 28.4 Å². The van der Waals surface area contributed by atoms with Crippen LogP contribution in [0, 0.1) is 6.92 Å². The molecule has 0 saturated carbocycles. The average Bonchev–Trinajstić information content (AvgIpc) is 2.86. The molecule has 15 heavy (non-hydrogen) atoms. The van der Waals surface area contributed by atoms with Crippen LogP contribution in [0.4, 0.5) is 0 Å². The van der Waals surface area contributed by atoms with Crippen LogP contribution in [0.3, 0.4) is 0 Å². The summed E-state index contributed by atoms with van der Waals surface area (Å²) in [6.07, 6.45) is 2.52. The highest BCUT2D eigenvalue weighted by atomic mass is 32.2. The van der Waals surface area contributed by atoms with Gasteiger partial charge in [0.1, 0.15) is 0 Å². The highest BCUT2D eigenvalue weighted by Crippen LogP contribution is 2.38. The average molecular weight is 219 g/mol. The van der Waals surface area contributed by atoms with Gasteiger partial charge in [0.05, 0.1) is 5.25 Å². The van der Waals surface area contributed by atoms with Crippen molar-refractivity contribution in [2.24, 2.45) is 0 Å². The Balaban J connectivity index is 2.09. The molecule has 0 spiro atoms. The van der Waals surface area contributed by atoms with Crippen molar-refractivity contribution < 1.29 is 0 Å². The van der Waals surface area contributed by atoms with E-state index >= 15 is 0 Å². The molecule has 78 valence electrons. The van der Waals surface area contributed by atoms with Gasteiger partial charge in [0.15, 0.2) is 11.5 Å². The van der Waals surface area contributed by atoms with E-state index in [1.165, 1.54) is 18.6 Å². The van der Waals surface area contributed by atoms with Gasteiger partial charge in [0.25, 0.3) is 0 Å². The lowest BCUT2D eigenvalue weighted by atomic mass is 10.2. The SMILES string of the molecule is Cc1cccc2nc(C3CCCS3)nn12. The Morgan fingerprint density at radius 2 is 2.40 bits per heavy atom. The van der Waals surface area contributed by atoms with Gasteiger partial charge in [0.2, 0.25) is 0 Å². The summed E-state index contributed by atoms with van der Waals surface area (Å²) in [4.78, 5) is 4.59. The monoisotopic (exact) mass is 219 g/mol. The third-order valence-electron chi connectivity index (χ3n) is 2.78. The van der Waals surface area contributed by atoms with Crippen molar-refractivity contribution in [3.05, 3.63) is 29.7 Å². The van der Waals surface area contributed by atoms with Crippen LogP contribution >= 0.6 is 11.8 Å². The van der Waals surface area contributed by atoms with Crippen molar-refractivity contribution in [2.45, 2.75) is 25.0 Å². The third kappa shape index (κ3) is 1.53. The number of thioether (sulfide) groups is 1. The van der Waals surface area contributed by atoms with E-state index in [-0.39, 0.29) is 0 Å². The lowest BCUT2D eigenvalue weighted by Crippen LogP contribution is -1.95. The van der Waals surface area contributed by atoms with Gasteiger partial charge in [-0.1, -0.05) is 6.07 Å². The molecule has 1 atom stereocenters. The number of nitrogens with zero attached hydrogens (tertiary/aromatic N) is 3. The highest BCUT2D eigenvalue weighted by molar-refractivity contribution is 7.99. The van der Waals surface area contributed by atoms with Gasteiger partial charge in [-0.05, 0) is 37.7 Å².